The number of aryl methyl sites for hydroxylation is 2. The summed E-state index contributed by atoms with van der Waals surface area (Å²) < 4.78 is 0. The molecule has 206 valence electrons. The Labute approximate surface area is 249 Å². The average molecular weight is 547 g/mol. The maximum absolute atomic E-state index is 12.1. The zero-order chi connectivity index (χ0) is 29.4. The first-order valence-corrected chi connectivity index (χ1v) is 14.4. The maximum Gasteiger partial charge on any atom is 0.177 e. The normalized spacial score (nSPS) is 13.4. The molecule has 0 aliphatic carbocycles. The number of hydrogen-bond donors (Lipinski definition) is 2. The molecule has 0 saturated heterocycles. The Hall–Kier alpha value is -4.86. The summed E-state index contributed by atoms with van der Waals surface area (Å²) in [4.78, 5) is 0. The highest BCUT2D eigenvalue weighted by Gasteiger charge is 2.32. The largest absolute Gasteiger partial charge is 0.369 e. The summed E-state index contributed by atoms with van der Waals surface area (Å²) in [5.74, 6) is 12.8. The highest BCUT2D eigenvalue weighted by atomic mass is 16.3. The van der Waals surface area contributed by atoms with Crippen molar-refractivity contribution in [1.82, 2.24) is 0 Å². The van der Waals surface area contributed by atoms with Crippen LogP contribution in [0, 0.1) is 23.7 Å². The summed E-state index contributed by atoms with van der Waals surface area (Å²) in [5, 5.41) is 24.1. The zero-order valence-corrected chi connectivity index (χ0v) is 24.0. The smallest absolute Gasteiger partial charge is 0.177 e. The molecule has 5 aromatic rings. The van der Waals surface area contributed by atoms with Crippen molar-refractivity contribution in [2.75, 3.05) is 0 Å². The Kier molecular flexibility index (Phi) is 8.71. The van der Waals surface area contributed by atoms with E-state index in [1.165, 1.54) is 0 Å². The van der Waals surface area contributed by atoms with Crippen molar-refractivity contribution in [3.63, 3.8) is 0 Å². The van der Waals surface area contributed by atoms with Gasteiger partial charge in [0.25, 0.3) is 0 Å². The minimum absolute atomic E-state index is 0.719. The molecule has 0 radical (unpaired) electrons. The third-order valence-corrected chi connectivity index (χ3v) is 7.60. The lowest BCUT2D eigenvalue weighted by Crippen LogP contribution is -2.27. The molecule has 2 heteroatoms. The Balaban J connectivity index is 1.57. The van der Waals surface area contributed by atoms with Gasteiger partial charge in [-0.05, 0) is 42.2 Å². The second-order valence-electron chi connectivity index (χ2n) is 10.3. The number of aliphatic hydroxyl groups is 2. The Morgan fingerprint density at radius 3 is 1.26 bits per heavy atom. The van der Waals surface area contributed by atoms with Crippen molar-refractivity contribution in [2.45, 2.75) is 37.9 Å². The fraction of sp³-hybridized carbons (Fsp3) is 0.150. The van der Waals surface area contributed by atoms with Crippen LogP contribution in [0.4, 0.5) is 0 Å². The van der Waals surface area contributed by atoms with Gasteiger partial charge in [0.2, 0.25) is 0 Å². The number of rotatable bonds is 6. The van der Waals surface area contributed by atoms with Crippen LogP contribution in [0.5, 0.6) is 0 Å². The van der Waals surface area contributed by atoms with E-state index in [1.807, 2.05) is 133 Å². The van der Waals surface area contributed by atoms with Crippen LogP contribution in [0.2, 0.25) is 0 Å². The van der Waals surface area contributed by atoms with E-state index in [0.29, 0.717) is 0 Å². The van der Waals surface area contributed by atoms with Crippen LogP contribution in [-0.2, 0) is 24.0 Å². The van der Waals surface area contributed by atoms with Gasteiger partial charge in [-0.3, -0.25) is 0 Å². The van der Waals surface area contributed by atoms with Crippen LogP contribution in [0.15, 0.2) is 133 Å². The van der Waals surface area contributed by atoms with Gasteiger partial charge in [-0.1, -0.05) is 153 Å². The Bertz CT molecular complexity index is 1650. The molecule has 0 heterocycles. The molecule has 2 unspecified atom stereocenters. The monoisotopic (exact) mass is 546 g/mol. The van der Waals surface area contributed by atoms with E-state index in [9.17, 15) is 10.2 Å². The number of benzene rings is 5. The zero-order valence-electron chi connectivity index (χ0n) is 24.0. The van der Waals surface area contributed by atoms with Gasteiger partial charge >= 0.3 is 0 Å². The SMILES string of the molecule is CCc1ccccc1C(O)(C#Cc1cccc(C#CC(O)(c2ccccc2)c2ccccc2CC)c1)c1ccccc1. The van der Waals surface area contributed by atoms with Crippen molar-refractivity contribution in [3.05, 3.63) is 178 Å². The summed E-state index contributed by atoms with van der Waals surface area (Å²) in [7, 11) is 0. The first-order valence-electron chi connectivity index (χ1n) is 14.4. The first kappa shape index (κ1) is 28.7. The van der Waals surface area contributed by atoms with Crippen molar-refractivity contribution >= 4 is 0 Å². The first-order chi connectivity index (χ1) is 20.5. The quantitative estimate of drug-likeness (QED) is 0.218. The third-order valence-electron chi connectivity index (χ3n) is 7.60. The van der Waals surface area contributed by atoms with E-state index in [4.69, 9.17) is 0 Å². The van der Waals surface area contributed by atoms with Crippen LogP contribution in [0.25, 0.3) is 0 Å². The molecular formula is C40H34O2. The summed E-state index contributed by atoms with van der Waals surface area (Å²) in [6.45, 7) is 4.16. The van der Waals surface area contributed by atoms with E-state index < -0.39 is 11.2 Å². The lowest BCUT2D eigenvalue weighted by atomic mass is 9.83. The fourth-order valence-corrected chi connectivity index (χ4v) is 5.31. The highest BCUT2D eigenvalue weighted by Crippen LogP contribution is 2.33. The molecule has 42 heavy (non-hydrogen) atoms. The molecule has 2 N–H and O–H groups in total. The molecule has 0 amide bonds. The minimum Gasteiger partial charge on any atom is -0.369 e. The van der Waals surface area contributed by atoms with Crippen LogP contribution < -0.4 is 0 Å². The summed E-state index contributed by atoms with van der Waals surface area (Å²) >= 11 is 0. The lowest BCUT2D eigenvalue weighted by molar-refractivity contribution is 0.144. The van der Waals surface area contributed by atoms with Gasteiger partial charge in [0.05, 0.1) is 0 Å². The molecular weight excluding hydrogens is 512 g/mol. The summed E-state index contributed by atoms with van der Waals surface area (Å²) in [6.07, 6.45) is 1.56. The van der Waals surface area contributed by atoms with Crippen LogP contribution in [-0.4, -0.2) is 10.2 Å². The van der Waals surface area contributed by atoms with Gasteiger partial charge in [0.15, 0.2) is 11.2 Å². The van der Waals surface area contributed by atoms with E-state index in [2.05, 4.69) is 37.5 Å². The Morgan fingerprint density at radius 1 is 0.476 bits per heavy atom. The van der Waals surface area contributed by atoms with Crippen LogP contribution >= 0.6 is 0 Å². The van der Waals surface area contributed by atoms with E-state index in [-0.39, 0.29) is 0 Å². The third kappa shape index (κ3) is 5.93. The topological polar surface area (TPSA) is 40.5 Å². The second kappa shape index (κ2) is 12.8. The minimum atomic E-state index is -1.48. The predicted molar refractivity (Wildman–Crippen MR) is 171 cm³/mol. The maximum atomic E-state index is 12.1. The molecule has 2 atom stereocenters. The molecule has 0 fully saturated rings. The van der Waals surface area contributed by atoms with Crippen molar-refractivity contribution in [2.24, 2.45) is 0 Å². The summed E-state index contributed by atoms with van der Waals surface area (Å²) in [5.41, 5.74) is 3.59. The molecule has 5 rings (SSSR count). The molecule has 0 aromatic heterocycles. The van der Waals surface area contributed by atoms with Gasteiger partial charge in [-0.25, -0.2) is 0 Å². The average Bonchev–Trinajstić information content (AvgIpc) is 3.07. The van der Waals surface area contributed by atoms with Gasteiger partial charge in [-0.2, -0.15) is 0 Å². The molecule has 0 aliphatic heterocycles. The predicted octanol–water partition coefficient (Wildman–Crippen LogP) is 7.39. The van der Waals surface area contributed by atoms with Crippen LogP contribution in [0.1, 0.15) is 58.4 Å². The van der Waals surface area contributed by atoms with E-state index in [1.54, 1.807) is 0 Å². The van der Waals surface area contributed by atoms with Crippen molar-refractivity contribution < 1.29 is 10.2 Å². The van der Waals surface area contributed by atoms with Gasteiger partial charge in [0.1, 0.15) is 0 Å². The molecule has 0 aliphatic rings. The molecule has 0 spiro atoms. The summed E-state index contributed by atoms with van der Waals surface area (Å²) in [6, 6.07) is 42.5. The molecule has 2 nitrogen and oxygen atoms in total. The highest BCUT2D eigenvalue weighted by molar-refractivity contribution is 5.54. The molecule has 0 saturated carbocycles. The van der Waals surface area contributed by atoms with Crippen molar-refractivity contribution in [1.29, 1.82) is 0 Å². The van der Waals surface area contributed by atoms with Gasteiger partial charge in [0, 0.05) is 33.4 Å². The van der Waals surface area contributed by atoms with E-state index in [0.717, 1.165) is 57.3 Å². The fourth-order valence-electron chi connectivity index (χ4n) is 5.31. The second-order valence-corrected chi connectivity index (χ2v) is 10.3. The van der Waals surface area contributed by atoms with Gasteiger partial charge < -0.3 is 10.2 Å². The Morgan fingerprint density at radius 2 is 0.857 bits per heavy atom. The number of hydrogen-bond acceptors (Lipinski definition) is 2. The molecule has 0 bridgehead atoms. The molecule has 5 aromatic carbocycles. The standard InChI is InChI=1S/C40H34O2/c1-3-33-18-11-13-24-37(33)39(41,35-20-7-5-8-21-35)28-26-31-16-15-17-32(30-31)27-29-40(42,36-22-9-6-10-23-36)38-25-14-12-19-34(38)4-2/h5-25,30,41-42H,3-4H2,1-2H3. The van der Waals surface area contributed by atoms with Gasteiger partial charge in [-0.15, -0.1) is 0 Å². The van der Waals surface area contributed by atoms with Crippen molar-refractivity contribution in [3.8, 4) is 23.7 Å². The lowest BCUT2D eigenvalue weighted by Gasteiger charge is -2.26. The van der Waals surface area contributed by atoms with Crippen LogP contribution in [0.3, 0.4) is 0 Å². The van der Waals surface area contributed by atoms with E-state index >= 15 is 0 Å².